The molecule has 0 fully saturated rings. The van der Waals surface area contributed by atoms with E-state index in [1.54, 1.807) is 13.0 Å². The van der Waals surface area contributed by atoms with Gasteiger partial charge in [-0.25, -0.2) is 13.1 Å². The summed E-state index contributed by atoms with van der Waals surface area (Å²) < 4.78 is 25.3. The van der Waals surface area contributed by atoms with Crippen LogP contribution in [0.4, 0.5) is 0 Å². The smallest absolute Gasteiger partial charge is 0.227 e. The second-order valence-electron chi connectivity index (χ2n) is 3.94. The molecule has 0 aromatic heterocycles. The Balaban J connectivity index is 4.13. The summed E-state index contributed by atoms with van der Waals surface area (Å²) in [7, 11) is -3.64. The summed E-state index contributed by atoms with van der Waals surface area (Å²) in [4.78, 5) is 11.2. The standard InChI is InChI=1S/C10H19N3O3S/c1-4-9(7-11)17(15,16)12-6-5-10(14)13-8(2)3/h8-9,12H,4-6H2,1-3H3,(H,13,14). The summed E-state index contributed by atoms with van der Waals surface area (Å²) in [5.41, 5.74) is 0. The Morgan fingerprint density at radius 3 is 2.41 bits per heavy atom. The highest BCUT2D eigenvalue weighted by Crippen LogP contribution is 2.02. The van der Waals surface area contributed by atoms with Crippen LogP contribution < -0.4 is 10.0 Å². The van der Waals surface area contributed by atoms with E-state index in [9.17, 15) is 13.2 Å². The fourth-order valence-electron chi connectivity index (χ4n) is 1.18. The SMILES string of the molecule is CCC(C#N)S(=O)(=O)NCCC(=O)NC(C)C. The highest BCUT2D eigenvalue weighted by Gasteiger charge is 2.22. The van der Waals surface area contributed by atoms with Gasteiger partial charge in [0.15, 0.2) is 5.25 Å². The van der Waals surface area contributed by atoms with Crippen LogP contribution in [-0.2, 0) is 14.8 Å². The van der Waals surface area contributed by atoms with Crippen molar-refractivity contribution >= 4 is 15.9 Å². The predicted molar refractivity (Wildman–Crippen MR) is 64.5 cm³/mol. The molecule has 0 aromatic rings. The summed E-state index contributed by atoms with van der Waals surface area (Å²) in [6.45, 7) is 5.29. The van der Waals surface area contributed by atoms with E-state index < -0.39 is 15.3 Å². The zero-order valence-corrected chi connectivity index (χ0v) is 11.2. The molecule has 0 heterocycles. The number of nitrogens with zero attached hydrogens (tertiary/aromatic N) is 1. The molecule has 1 atom stereocenters. The summed E-state index contributed by atoms with van der Waals surface area (Å²) in [6, 6.07) is 1.74. The van der Waals surface area contributed by atoms with Gasteiger partial charge in [0.25, 0.3) is 0 Å². The van der Waals surface area contributed by atoms with E-state index in [2.05, 4.69) is 10.0 Å². The number of nitrogens with one attached hydrogen (secondary N) is 2. The predicted octanol–water partition coefficient (Wildman–Crippen LogP) is 0.123. The van der Waals surface area contributed by atoms with E-state index in [4.69, 9.17) is 5.26 Å². The van der Waals surface area contributed by atoms with Gasteiger partial charge in [-0.2, -0.15) is 5.26 Å². The van der Waals surface area contributed by atoms with Crippen LogP contribution >= 0.6 is 0 Å². The first-order valence-corrected chi connectivity index (χ1v) is 7.05. The van der Waals surface area contributed by atoms with Gasteiger partial charge in [0.1, 0.15) is 0 Å². The average Bonchev–Trinajstić information content (AvgIpc) is 2.17. The van der Waals surface area contributed by atoms with Crippen molar-refractivity contribution in [1.82, 2.24) is 10.0 Å². The summed E-state index contributed by atoms with van der Waals surface area (Å²) >= 11 is 0. The lowest BCUT2D eigenvalue weighted by atomic mass is 10.3. The molecular formula is C10H19N3O3S. The highest BCUT2D eigenvalue weighted by atomic mass is 32.2. The van der Waals surface area contributed by atoms with Crippen LogP contribution in [0.15, 0.2) is 0 Å². The lowest BCUT2D eigenvalue weighted by Gasteiger charge is -2.11. The molecular weight excluding hydrogens is 242 g/mol. The van der Waals surface area contributed by atoms with Crippen LogP contribution in [0, 0.1) is 11.3 Å². The molecule has 2 N–H and O–H groups in total. The minimum atomic E-state index is -3.64. The molecule has 17 heavy (non-hydrogen) atoms. The van der Waals surface area contributed by atoms with Gasteiger partial charge in [-0.1, -0.05) is 6.92 Å². The van der Waals surface area contributed by atoms with Gasteiger partial charge in [-0.3, -0.25) is 4.79 Å². The Morgan fingerprint density at radius 2 is 2.00 bits per heavy atom. The lowest BCUT2D eigenvalue weighted by molar-refractivity contribution is -0.121. The summed E-state index contributed by atoms with van der Waals surface area (Å²) in [5, 5.41) is 10.2. The van der Waals surface area contributed by atoms with Crippen molar-refractivity contribution in [3.05, 3.63) is 0 Å². The number of sulfonamides is 1. The number of hydrogen-bond acceptors (Lipinski definition) is 4. The topological polar surface area (TPSA) is 99.1 Å². The fraction of sp³-hybridized carbons (Fsp3) is 0.800. The molecule has 1 amide bonds. The lowest BCUT2D eigenvalue weighted by Crippen LogP contribution is -2.37. The molecule has 0 aliphatic carbocycles. The van der Waals surface area contributed by atoms with Gasteiger partial charge in [0.2, 0.25) is 15.9 Å². The largest absolute Gasteiger partial charge is 0.354 e. The molecule has 0 aliphatic heterocycles. The molecule has 0 aromatic carbocycles. The van der Waals surface area contributed by atoms with E-state index >= 15 is 0 Å². The molecule has 1 unspecified atom stereocenters. The molecule has 0 rings (SSSR count). The maximum Gasteiger partial charge on any atom is 0.227 e. The Kier molecular flexibility index (Phi) is 6.76. The van der Waals surface area contributed by atoms with Gasteiger partial charge in [0, 0.05) is 19.0 Å². The zero-order chi connectivity index (χ0) is 13.5. The monoisotopic (exact) mass is 261 g/mol. The Hall–Kier alpha value is -1.13. The van der Waals surface area contributed by atoms with Crippen LogP contribution in [0.1, 0.15) is 33.6 Å². The molecule has 0 saturated carbocycles. The van der Waals surface area contributed by atoms with Gasteiger partial charge in [-0.15, -0.1) is 0 Å². The average molecular weight is 261 g/mol. The van der Waals surface area contributed by atoms with Crippen molar-refractivity contribution < 1.29 is 13.2 Å². The second kappa shape index (κ2) is 7.25. The van der Waals surface area contributed by atoms with E-state index in [1.807, 2.05) is 13.8 Å². The third-order valence-corrected chi connectivity index (χ3v) is 3.79. The zero-order valence-electron chi connectivity index (χ0n) is 10.4. The molecule has 98 valence electrons. The van der Waals surface area contributed by atoms with Gasteiger partial charge < -0.3 is 5.32 Å². The molecule has 0 spiro atoms. The Bertz CT molecular complexity index is 384. The number of hydrogen-bond donors (Lipinski definition) is 2. The van der Waals surface area contributed by atoms with Crippen LogP contribution in [0.2, 0.25) is 0 Å². The summed E-state index contributed by atoms with van der Waals surface area (Å²) in [6.07, 6.45) is 0.295. The molecule has 0 radical (unpaired) electrons. The normalized spacial score (nSPS) is 13.1. The number of nitriles is 1. The molecule has 0 aliphatic rings. The fourth-order valence-corrected chi connectivity index (χ4v) is 2.35. The van der Waals surface area contributed by atoms with Crippen LogP contribution in [-0.4, -0.2) is 32.2 Å². The first-order chi connectivity index (χ1) is 7.83. The van der Waals surface area contributed by atoms with E-state index in [0.717, 1.165) is 0 Å². The van der Waals surface area contributed by atoms with Crippen molar-refractivity contribution in [2.45, 2.75) is 44.9 Å². The highest BCUT2D eigenvalue weighted by molar-refractivity contribution is 7.90. The van der Waals surface area contributed by atoms with Crippen molar-refractivity contribution in [2.75, 3.05) is 6.54 Å². The number of carbonyl (C=O) groups is 1. The van der Waals surface area contributed by atoms with Crippen molar-refractivity contribution in [2.24, 2.45) is 0 Å². The quantitative estimate of drug-likeness (QED) is 0.680. The third-order valence-electron chi connectivity index (χ3n) is 1.99. The van der Waals surface area contributed by atoms with E-state index in [1.165, 1.54) is 0 Å². The Morgan fingerprint density at radius 1 is 1.41 bits per heavy atom. The number of amides is 1. The number of carbonyl (C=O) groups excluding carboxylic acids is 1. The van der Waals surface area contributed by atoms with Gasteiger partial charge >= 0.3 is 0 Å². The Labute approximate surface area is 102 Å². The molecule has 0 saturated heterocycles. The van der Waals surface area contributed by atoms with Crippen LogP contribution in [0.5, 0.6) is 0 Å². The minimum Gasteiger partial charge on any atom is -0.354 e. The molecule has 7 heteroatoms. The van der Waals surface area contributed by atoms with Crippen molar-refractivity contribution in [3.8, 4) is 6.07 Å². The van der Waals surface area contributed by atoms with E-state index in [0.29, 0.717) is 0 Å². The van der Waals surface area contributed by atoms with Crippen LogP contribution in [0.25, 0.3) is 0 Å². The molecule has 6 nitrogen and oxygen atoms in total. The minimum absolute atomic E-state index is 0.0130. The molecule has 0 bridgehead atoms. The van der Waals surface area contributed by atoms with E-state index in [-0.39, 0.29) is 31.3 Å². The van der Waals surface area contributed by atoms with Gasteiger partial charge in [-0.05, 0) is 20.3 Å². The maximum absolute atomic E-state index is 11.5. The number of rotatable bonds is 7. The second-order valence-corrected chi connectivity index (χ2v) is 5.89. The van der Waals surface area contributed by atoms with Crippen molar-refractivity contribution in [3.63, 3.8) is 0 Å². The van der Waals surface area contributed by atoms with Gasteiger partial charge in [0.05, 0.1) is 6.07 Å². The third kappa shape index (κ3) is 6.24. The van der Waals surface area contributed by atoms with Crippen LogP contribution in [0.3, 0.4) is 0 Å². The summed E-state index contributed by atoms with van der Waals surface area (Å²) in [5.74, 6) is -0.215. The maximum atomic E-state index is 11.5. The van der Waals surface area contributed by atoms with Crippen molar-refractivity contribution in [1.29, 1.82) is 5.26 Å². The first kappa shape index (κ1) is 15.9. The first-order valence-electron chi connectivity index (χ1n) is 5.51.